The monoisotopic (exact) mass is 244 g/mol. The SMILES string of the molecule is CCC(CCCN1CCOCC1)(NC)C(=O)O. The van der Waals surface area contributed by atoms with Gasteiger partial charge >= 0.3 is 5.97 Å². The second-order valence-corrected chi connectivity index (χ2v) is 4.55. The second-order valence-electron chi connectivity index (χ2n) is 4.55. The number of carboxylic acids is 1. The topological polar surface area (TPSA) is 61.8 Å². The van der Waals surface area contributed by atoms with E-state index in [9.17, 15) is 9.90 Å². The first-order valence-electron chi connectivity index (χ1n) is 6.37. The first-order chi connectivity index (χ1) is 8.14. The Kier molecular flexibility index (Phi) is 5.88. The van der Waals surface area contributed by atoms with Gasteiger partial charge in [-0.25, -0.2) is 0 Å². The van der Waals surface area contributed by atoms with Crippen molar-refractivity contribution in [2.45, 2.75) is 31.7 Å². The van der Waals surface area contributed by atoms with Gasteiger partial charge in [0.25, 0.3) is 0 Å². The standard InChI is InChI=1S/C12H24N2O3/c1-3-12(13-2,11(15)16)5-4-6-14-7-9-17-10-8-14/h13H,3-10H2,1-2H3,(H,15,16). The fourth-order valence-corrected chi connectivity index (χ4v) is 2.27. The maximum absolute atomic E-state index is 11.3. The minimum absolute atomic E-state index is 0.613. The molecule has 0 spiro atoms. The minimum atomic E-state index is -0.758. The molecule has 1 saturated heterocycles. The van der Waals surface area contributed by atoms with Crippen molar-refractivity contribution in [1.29, 1.82) is 0 Å². The molecule has 0 amide bonds. The lowest BCUT2D eigenvalue weighted by atomic mass is 9.90. The van der Waals surface area contributed by atoms with Crippen molar-refractivity contribution < 1.29 is 14.6 Å². The summed E-state index contributed by atoms with van der Waals surface area (Å²) in [5, 5.41) is 12.2. The molecule has 0 aromatic heterocycles. The van der Waals surface area contributed by atoms with Gasteiger partial charge in [0, 0.05) is 13.1 Å². The lowest BCUT2D eigenvalue weighted by molar-refractivity contribution is -0.145. The summed E-state index contributed by atoms with van der Waals surface area (Å²) in [4.78, 5) is 13.6. The molecule has 0 bridgehead atoms. The quantitative estimate of drug-likeness (QED) is 0.685. The molecule has 1 atom stereocenters. The third-order valence-electron chi connectivity index (χ3n) is 3.67. The van der Waals surface area contributed by atoms with E-state index in [0.717, 1.165) is 39.3 Å². The third kappa shape index (κ3) is 3.94. The molecular formula is C12H24N2O3. The Morgan fingerprint density at radius 1 is 1.47 bits per heavy atom. The van der Waals surface area contributed by atoms with Gasteiger partial charge in [0.05, 0.1) is 13.2 Å². The Bertz CT molecular complexity index is 236. The Labute approximate surface area is 103 Å². The maximum Gasteiger partial charge on any atom is 0.323 e. The molecule has 0 aromatic rings. The predicted octanol–water partition coefficient (Wildman–Crippen LogP) is 0.552. The normalized spacial score (nSPS) is 21.1. The average Bonchev–Trinajstić information content (AvgIpc) is 2.36. The number of nitrogens with one attached hydrogen (secondary N) is 1. The number of ether oxygens (including phenoxy) is 1. The van der Waals surface area contributed by atoms with Gasteiger partial charge in [0.15, 0.2) is 0 Å². The van der Waals surface area contributed by atoms with Crippen LogP contribution in [0.3, 0.4) is 0 Å². The van der Waals surface area contributed by atoms with E-state index < -0.39 is 11.5 Å². The molecule has 0 aliphatic carbocycles. The van der Waals surface area contributed by atoms with Gasteiger partial charge in [-0.15, -0.1) is 0 Å². The van der Waals surface area contributed by atoms with Gasteiger partial charge < -0.3 is 15.2 Å². The number of likely N-dealkylation sites (N-methyl/N-ethyl adjacent to an activating group) is 1. The van der Waals surface area contributed by atoms with E-state index in [2.05, 4.69) is 10.2 Å². The van der Waals surface area contributed by atoms with Crippen molar-refractivity contribution in [3.63, 3.8) is 0 Å². The highest BCUT2D eigenvalue weighted by Crippen LogP contribution is 2.18. The van der Waals surface area contributed by atoms with Crippen LogP contribution < -0.4 is 5.32 Å². The van der Waals surface area contributed by atoms with Crippen LogP contribution in [0.5, 0.6) is 0 Å². The number of carboxylic acid groups (broad SMARTS) is 1. The summed E-state index contributed by atoms with van der Waals surface area (Å²) in [6.45, 7) is 6.39. The molecule has 5 nitrogen and oxygen atoms in total. The second kappa shape index (κ2) is 6.93. The fraction of sp³-hybridized carbons (Fsp3) is 0.917. The molecule has 1 heterocycles. The predicted molar refractivity (Wildman–Crippen MR) is 66.2 cm³/mol. The molecular weight excluding hydrogens is 220 g/mol. The highest BCUT2D eigenvalue weighted by Gasteiger charge is 2.34. The van der Waals surface area contributed by atoms with E-state index in [1.807, 2.05) is 6.92 Å². The number of carbonyl (C=O) groups is 1. The summed E-state index contributed by atoms with van der Waals surface area (Å²) < 4.78 is 5.28. The number of rotatable bonds is 7. The van der Waals surface area contributed by atoms with Gasteiger partial charge in [0.1, 0.15) is 5.54 Å². The Balaban J connectivity index is 2.33. The van der Waals surface area contributed by atoms with Crippen molar-refractivity contribution in [2.75, 3.05) is 39.9 Å². The van der Waals surface area contributed by atoms with E-state index in [0.29, 0.717) is 12.8 Å². The first kappa shape index (κ1) is 14.4. The van der Waals surface area contributed by atoms with Crippen LogP contribution in [-0.2, 0) is 9.53 Å². The van der Waals surface area contributed by atoms with Gasteiger partial charge in [-0.3, -0.25) is 9.69 Å². The number of nitrogens with zero attached hydrogens (tertiary/aromatic N) is 1. The van der Waals surface area contributed by atoms with Crippen LogP contribution in [0.1, 0.15) is 26.2 Å². The summed E-state index contributed by atoms with van der Waals surface area (Å²) in [6, 6.07) is 0. The van der Waals surface area contributed by atoms with E-state index in [4.69, 9.17) is 4.74 Å². The van der Waals surface area contributed by atoms with Crippen molar-refractivity contribution in [3.8, 4) is 0 Å². The highest BCUT2D eigenvalue weighted by atomic mass is 16.5. The van der Waals surface area contributed by atoms with Gasteiger partial charge in [-0.2, -0.15) is 0 Å². The molecule has 2 N–H and O–H groups in total. The van der Waals surface area contributed by atoms with Crippen LogP contribution in [0.15, 0.2) is 0 Å². The van der Waals surface area contributed by atoms with Crippen LogP contribution in [0.25, 0.3) is 0 Å². The molecule has 1 aliphatic rings. The third-order valence-corrected chi connectivity index (χ3v) is 3.67. The molecule has 0 aromatic carbocycles. The van der Waals surface area contributed by atoms with Crippen molar-refractivity contribution >= 4 is 5.97 Å². The molecule has 1 fully saturated rings. The molecule has 1 unspecified atom stereocenters. The number of hydrogen-bond donors (Lipinski definition) is 2. The summed E-state index contributed by atoms with van der Waals surface area (Å²) in [7, 11) is 1.73. The van der Waals surface area contributed by atoms with E-state index in [1.54, 1.807) is 7.05 Å². The van der Waals surface area contributed by atoms with E-state index in [1.165, 1.54) is 0 Å². The van der Waals surface area contributed by atoms with Gasteiger partial charge in [-0.1, -0.05) is 6.92 Å². The fourth-order valence-electron chi connectivity index (χ4n) is 2.27. The molecule has 5 heteroatoms. The largest absolute Gasteiger partial charge is 0.480 e. The van der Waals surface area contributed by atoms with E-state index in [-0.39, 0.29) is 0 Å². The van der Waals surface area contributed by atoms with Gasteiger partial charge in [-0.05, 0) is 32.9 Å². The van der Waals surface area contributed by atoms with Crippen LogP contribution in [-0.4, -0.2) is 61.4 Å². The maximum atomic E-state index is 11.3. The smallest absolute Gasteiger partial charge is 0.323 e. The Morgan fingerprint density at radius 3 is 2.59 bits per heavy atom. The molecule has 0 saturated carbocycles. The van der Waals surface area contributed by atoms with Crippen LogP contribution in [0.4, 0.5) is 0 Å². The highest BCUT2D eigenvalue weighted by molar-refractivity contribution is 5.78. The summed E-state index contributed by atoms with van der Waals surface area (Å²) in [6.07, 6.45) is 2.19. The molecule has 1 rings (SSSR count). The zero-order valence-corrected chi connectivity index (χ0v) is 10.9. The molecule has 0 radical (unpaired) electrons. The molecule has 100 valence electrons. The zero-order valence-electron chi connectivity index (χ0n) is 10.9. The zero-order chi connectivity index (χ0) is 12.7. The summed E-state index contributed by atoms with van der Waals surface area (Å²) >= 11 is 0. The Morgan fingerprint density at radius 2 is 2.12 bits per heavy atom. The number of hydrogen-bond acceptors (Lipinski definition) is 4. The van der Waals surface area contributed by atoms with Crippen LogP contribution in [0, 0.1) is 0 Å². The van der Waals surface area contributed by atoms with Crippen LogP contribution >= 0.6 is 0 Å². The number of morpholine rings is 1. The number of aliphatic carboxylic acids is 1. The van der Waals surface area contributed by atoms with Crippen molar-refractivity contribution in [2.24, 2.45) is 0 Å². The van der Waals surface area contributed by atoms with Crippen molar-refractivity contribution in [3.05, 3.63) is 0 Å². The van der Waals surface area contributed by atoms with Crippen LogP contribution in [0.2, 0.25) is 0 Å². The van der Waals surface area contributed by atoms with E-state index >= 15 is 0 Å². The minimum Gasteiger partial charge on any atom is -0.480 e. The molecule has 1 aliphatic heterocycles. The summed E-state index contributed by atoms with van der Waals surface area (Å²) in [5.41, 5.74) is -0.758. The lowest BCUT2D eigenvalue weighted by Crippen LogP contribution is -2.50. The molecule has 17 heavy (non-hydrogen) atoms. The first-order valence-corrected chi connectivity index (χ1v) is 6.37. The summed E-state index contributed by atoms with van der Waals surface area (Å²) in [5.74, 6) is -0.746. The van der Waals surface area contributed by atoms with Gasteiger partial charge in [0.2, 0.25) is 0 Å². The Hall–Kier alpha value is -0.650. The van der Waals surface area contributed by atoms with Crippen molar-refractivity contribution in [1.82, 2.24) is 10.2 Å². The lowest BCUT2D eigenvalue weighted by Gasteiger charge is -2.30. The average molecular weight is 244 g/mol.